The van der Waals surface area contributed by atoms with Crippen LogP contribution in [-0.4, -0.2) is 51.8 Å². The van der Waals surface area contributed by atoms with Gasteiger partial charge in [-0.25, -0.2) is 13.2 Å². The molecule has 0 bridgehead atoms. The van der Waals surface area contributed by atoms with Gasteiger partial charge >= 0.3 is 12.1 Å². The number of nitrogens with one attached hydrogen (secondary N) is 2. The summed E-state index contributed by atoms with van der Waals surface area (Å²) >= 11 is 6.04. The van der Waals surface area contributed by atoms with E-state index in [4.69, 9.17) is 26.2 Å². The number of anilines is 1. The van der Waals surface area contributed by atoms with Gasteiger partial charge in [0.2, 0.25) is 5.91 Å². The second-order valence-electron chi connectivity index (χ2n) is 7.73. The second-order valence-corrected chi connectivity index (χ2v) is 9.82. The van der Waals surface area contributed by atoms with Gasteiger partial charge in [0.25, 0.3) is 10.0 Å². The van der Waals surface area contributed by atoms with E-state index in [2.05, 4.69) is 10.0 Å². The molecule has 3 rings (SSSR count). The normalized spacial score (nSPS) is 14.3. The van der Waals surface area contributed by atoms with Crippen LogP contribution in [0.25, 0.3) is 0 Å². The molecule has 0 radical (unpaired) electrons. The van der Waals surface area contributed by atoms with Crippen LogP contribution < -0.4 is 10.0 Å². The van der Waals surface area contributed by atoms with E-state index < -0.39 is 27.6 Å². The maximum Gasteiger partial charge on any atom is 0.490 e. The van der Waals surface area contributed by atoms with Crippen LogP contribution in [0.3, 0.4) is 0 Å². The Morgan fingerprint density at radius 1 is 1.14 bits per heavy atom. The third-order valence-electron chi connectivity index (χ3n) is 5.16. The number of alkyl halides is 3. The number of carboxylic acid groups (broad SMARTS) is 1. The van der Waals surface area contributed by atoms with E-state index in [-0.39, 0.29) is 10.8 Å². The Morgan fingerprint density at radius 2 is 1.71 bits per heavy atom. The van der Waals surface area contributed by atoms with Crippen molar-refractivity contribution in [3.8, 4) is 0 Å². The monoisotopic (exact) mass is 536 g/mol. The number of carbonyl (C=O) groups excluding carboxylic acids is 1. The molecule has 2 aromatic rings. The first-order valence-corrected chi connectivity index (χ1v) is 12.1. The minimum Gasteiger partial charge on any atom is -0.475 e. The second kappa shape index (κ2) is 11.3. The number of aliphatic carboxylic acids is 1. The van der Waals surface area contributed by atoms with Gasteiger partial charge in [0.15, 0.2) is 0 Å². The van der Waals surface area contributed by atoms with Crippen LogP contribution in [0.2, 0.25) is 5.02 Å². The molecule has 1 amide bonds. The predicted molar refractivity (Wildman–Crippen MR) is 123 cm³/mol. The van der Waals surface area contributed by atoms with Crippen molar-refractivity contribution in [2.24, 2.45) is 0 Å². The molecule has 1 fully saturated rings. The number of ether oxygens (including phenoxy) is 1. The number of carbonyl (C=O) groups is 2. The largest absolute Gasteiger partial charge is 0.490 e. The van der Waals surface area contributed by atoms with Crippen molar-refractivity contribution in [3.63, 3.8) is 0 Å². The number of amides is 1. The molecule has 0 unspecified atom stereocenters. The molecule has 0 atom stereocenters. The number of rotatable bonds is 8. The van der Waals surface area contributed by atoms with Crippen LogP contribution in [-0.2, 0) is 29.8 Å². The molecule has 13 heteroatoms. The number of carboxylic acids is 1. The van der Waals surface area contributed by atoms with Gasteiger partial charge in [-0.15, -0.1) is 0 Å². The summed E-state index contributed by atoms with van der Waals surface area (Å²) in [5.74, 6) is -2.78. The van der Waals surface area contributed by atoms with E-state index in [9.17, 15) is 26.4 Å². The van der Waals surface area contributed by atoms with Crippen LogP contribution in [0, 0.1) is 6.92 Å². The van der Waals surface area contributed by atoms with Crippen molar-refractivity contribution in [2.45, 2.75) is 36.3 Å². The number of sulfonamides is 1. The van der Waals surface area contributed by atoms with Gasteiger partial charge in [-0.1, -0.05) is 29.8 Å². The zero-order valence-electron chi connectivity index (χ0n) is 18.8. The number of benzene rings is 2. The van der Waals surface area contributed by atoms with Gasteiger partial charge < -0.3 is 15.2 Å². The average molecular weight is 537 g/mol. The Morgan fingerprint density at radius 3 is 2.17 bits per heavy atom. The van der Waals surface area contributed by atoms with Crippen molar-refractivity contribution in [2.75, 3.05) is 25.0 Å². The van der Waals surface area contributed by atoms with Gasteiger partial charge in [-0.3, -0.25) is 9.52 Å². The van der Waals surface area contributed by atoms with Gasteiger partial charge in [-0.05, 0) is 55.2 Å². The SMILES string of the molecule is COCCNC(=O)C1(c2ccc(NS(=O)(=O)c3ccc(C)c(Cl)c3)cc2)CC1.O=C(O)C(F)(F)F. The summed E-state index contributed by atoms with van der Waals surface area (Å²) in [7, 11) is -2.16. The summed E-state index contributed by atoms with van der Waals surface area (Å²) < 4.78 is 64.4. The van der Waals surface area contributed by atoms with Gasteiger partial charge in [0, 0.05) is 24.4 Å². The Balaban J connectivity index is 0.000000540. The van der Waals surface area contributed by atoms with Crippen molar-refractivity contribution in [1.29, 1.82) is 0 Å². The number of hydrogen-bond acceptors (Lipinski definition) is 5. The molecule has 35 heavy (non-hydrogen) atoms. The maximum atomic E-state index is 12.6. The molecule has 0 aromatic heterocycles. The zero-order chi connectivity index (χ0) is 26.4. The van der Waals surface area contributed by atoms with Crippen LogP contribution >= 0.6 is 11.6 Å². The first-order chi connectivity index (χ1) is 16.2. The Bertz CT molecular complexity index is 1170. The minimum absolute atomic E-state index is 0.0211. The molecule has 0 aliphatic heterocycles. The number of halogens is 4. The molecular formula is C22H24ClF3N2O6S. The predicted octanol–water partition coefficient (Wildman–Crippen LogP) is 3.88. The lowest BCUT2D eigenvalue weighted by Crippen LogP contribution is -2.36. The van der Waals surface area contributed by atoms with Gasteiger partial charge in [0.05, 0.1) is 16.9 Å². The molecule has 1 aliphatic rings. The van der Waals surface area contributed by atoms with Crippen LogP contribution in [0.15, 0.2) is 47.4 Å². The molecule has 1 saturated carbocycles. The molecule has 192 valence electrons. The van der Waals surface area contributed by atoms with Crippen LogP contribution in [0.1, 0.15) is 24.0 Å². The number of methoxy groups -OCH3 is 1. The first kappa shape index (κ1) is 28.4. The van der Waals surface area contributed by atoms with Crippen molar-refractivity contribution in [3.05, 3.63) is 58.6 Å². The molecule has 0 saturated heterocycles. The number of aryl methyl sites for hydroxylation is 1. The molecule has 2 aromatic carbocycles. The molecule has 3 N–H and O–H groups in total. The summed E-state index contributed by atoms with van der Waals surface area (Å²) in [6.45, 7) is 2.74. The molecule has 0 spiro atoms. The summed E-state index contributed by atoms with van der Waals surface area (Å²) in [6.07, 6.45) is -3.53. The van der Waals surface area contributed by atoms with Gasteiger partial charge in [-0.2, -0.15) is 13.2 Å². The van der Waals surface area contributed by atoms with E-state index in [1.54, 1.807) is 37.4 Å². The quantitative estimate of drug-likeness (QED) is 0.440. The Kier molecular flexibility index (Phi) is 9.15. The van der Waals surface area contributed by atoms with E-state index in [0.29, 0.717) is 23.9 Å². The molecular weight excluding hydrogens is 513 g/mol. The van der Waals surface area contributed by atoms with E-state index in [1.807, 2.05) is 6.92 Å². The molecule has 8 nitrogen and oxygen atoms in total. The Hall–Kier alpha value is -2.83. The minimum atomic E-state index is -5.08. The maximum absolute atomic E-state index is 12.6. The van der Waals surface area contributed by atoms with Crippen molar-refractivity contribution < 1.29 is 41.0 Å². The summed E-state index contributed by atoms with van der Waals surface area (Å²) in [6, 6.07) is 11.5. The fraction of sp³-hybridized carbons (Fsp3) is 0.364. The summed E-state index contributed by atoms with van der Waals surface area (Å²) in [4.78, 5) is 21.5. The lowest BCUT2D eigenvalue weighted by atomic mass is 9.95. The van der Waals surface area contributed by atoms with Crippen molar-refractivity contribution >= 4 is 39.2 Å². The third-order valence-corrected chi connectivity index (χ3v) is 6.95. The smallest absolute Gasteiger partial charge is 0.475 e. The molecule has 1 aliphatic carbocycles. The lowest BCUT2D eigenvalue weighted by molar-refractivity contribution is -0.192. The average Bonchev–Trinajstić information content (AvgIpc) is 3.58. The van der Waals surface area contributed by atoms with E-state index in [0.717, 1.165) is 24.0 Å². The van der Waals surface area contributed by atoms with Crippen molar-refractivity contribution in [1.82, 2.24) is 5.32 Å². The van der Waals surface area contributed by atoms with E-state index >= 15 is 0 Å². The highest BCUT2D eigenvalue weighted by atomic mass is 35.5. The third kappa shape index (κ3) is 7.58. The fourth-order valence-electron chi connectivity index (χ4n) is 3.02. The highest BCUT2D eigenvalue weighted by Gasteiger charge is 2.51. The molecule has 0 heterocycles. The highest BCUT2D eigenvalue weighted by molar-refractivity contribution is 7.92. The van der Waals surface area contributed by atoms with E-state index in [1.165, 1.54) is 12.1 Å². The Labute approximate surface area is 205 Å². The first-order valence-electron chi connectivity index (χ1n) is 10.2. The van der Waals surface area contributed by atoms with Gasteiger partial charge in [0.1, 0.15) is 0 Å². The number of hydrogen-bond donors (Lipinski definition) is 3. The highest BCUT2D eigenvalue weighted by Crippen LogP contribution is 2.48. The summed E-state index contributed by atoms with van der Waals surface area (Å²) in [5, 5.41) is 10.4. The fourth-order valence-corrected chi connectivity index (χ4v) is 4.35. The van der Waals surface area contributed by atoms with Crippen LogP contribution in [0.5, 0.6) is 0 Å². The zero-order valence-corrected chi connectivity index (χ0v) is 20.4. The standard InChI is InChI=1S/C20H23ClN2O4S.C2HF3O2/c1-14-3-8-17(13-18(14)21)28(25,26)23-16-6-4-15(5-7-16)20(9-10-20)19(24)22-11-12-27-2;3-2(4,5)1(6)7/h3-8,13,23H,9-12H2,1-2H3,(H,22,24);(H,6,7). The lowest BCUT2D eigenvalue weighted by Gasteiger charge is -2.16. The topological polar surface area (TPSA) is 122 Å². The van der Waals surface area contributed by atoms with Crippen LogP contribution in [0.4, 0.5) is 18.9 Å². The summed E-state index contributed by atoms with van der Waals surface area (Å²) in [5.41, 5.74) is 1.60.